The molecule has 0 aromatic heterocycles. The summed E-state index contributed by atoms with van der Waals surface area (Å²) in [6.07, 6.45) is 4.14. The van der Waals surface area contributed by atoms with Crippen molar-refractivity contribution >= 4 is 5.69 Å². The fourth-order valence-corrected chi connectivity index (χ4v) is 2.43. The van der Waals surface area contributed by atoms with Crippen LogP contribution >= 0.6 is 0 Å². The standard InChI is InChI=1S/C14H19NO4/c1-10-9-11(15(17)18)7-8-13(10)19-14-6-4-2-3-5-12(14)16/h7-9,12,14,16H,2-6H2,1H3. The van der Waals surface area contributed by atoms with Crippen LogP contribution in [0.25, 0.3) is 0 Å². The maximum atomic E-state index is 10.7. The molecule has 104 valence electrons. The lowest BCUT2D eigenvalue weighted by Gasteiger charge is -2.22. The summed E-state index contributed by atoms with van der Waals surface area (Å²) >= 11 is 0. The van der Waals surface area contributed by atoms with Crippen LogP contribution in [0.5, 0.6) is 5.75 Å². The van der Waals surface area contributed by atoms with Crippen molar-refractivity contribution < 1.29 is 14.8 Å². The molecule has 1 aromatic carbocycles. The van der Waals surface area contributed by atoms with Gasteiger partial charge in [-0.15, -0.1) is 0 Å². The monoisotopic (exact) mass is 265 g/mol. The number of aryl methyl sites for hydroxylation is 1. The summed E-state index contributed by atoms with van der Waals surface area (Å²) in [4.78, 5) is 10.3. The van der Waals surface area contributed by atoms with Crippen molar-refractivity contribution in [2.45, 2.75) is 51.2 Å². The van der Waals surface area contributed by atoms with Crippen molar-refractivity contribution in [1.82, 2.24) is 0 Å². The molecule has 0 amide bonds. The topological polar surface area (TPSA) is 72.6 Å². The molecular weight excluding hydrogens is 246 g/mol. The number of aliphatic hydroxyl groups excluding tert-OH is 1. The van der Waals surface area contributed by atoms with Gasteiger partial charge in [-0.1, -0.05) is 12.8 Å². The second-order valence-electron chi connectivity index (χ2n) is 5.07. The van der Waals surface area contributed by atoms with E-state index in [0.29, 0.717) is 5.75 Å². The molecule has 0 heterocycles. The lowest BCUT2D eigenvalue weighted by molar-refractivity contribution is -0.384. The molecule has 2 unspecified atom stereocenters. The number of ether oxygens (including phenoxy) is 1. The molecule has 0 saturated heterocycles. The molecule has 19 heavy (non-hydrogen) atoms. The van der Waals surface area contributed by atoms with Crippen LogP contribution in [0, 0.1) is 17.0 Å². The first-order valence-corrected chi connectivity index (χ1v) is 6.67. The average molecular weight is 265 g/mol. The first-order valence-electron chi connectivity index (χ1n) is 6.67. The van der Waals surface area contributed by atoms with Gasteiger partial charge in [0.2, 0.25) is 0 Å². The van der Waals surface area contributed by atoms with Gasteiger partial charge in [-0.3, -0.25) is 10.1 Å². The molecular formula is C14H19NO4. The molecule has 0 bridgehead atoms. The normalized spacial score (nSPS) is 23.7. The Balaban J connectivity index is 2.11. The molecule has 0 radical (unpaired) electrons. The van der Waals surface area contributed by atoms with Crippen molar-refractivity contribution in [3.8, 4) is 5.75 Å². The molecule has 1 saturated carbocycles. The van der Waals surface area contributed by atoms with E-state index in [2.05, 4.69) is 0 Å². The van der Waals surface area contributed by atoms with Crippen LogP contribution in [0.2, 0.25) is 0 Å². The van der Waals surface area contributed by atoms with Crippen molar-refractivity contribution in [1.29, 1.82) is 0 Å². The highest BCUT2D eigenvalue weighted by molar-refractivity contribution is 5.43. The number of hydrogen-bond donors (Lipinski definition) is 1. The Bertz CT molecular complexity index is 461. The zero-order valence-corrected chi connectivity index (χ0v) is 11.0. The minimum Gasteiger partial charge on any atom is -0.487 e. The molecule has 2 rings (SSSR count). The van der Waals surface area contributed by atoms with Gasteiger partial charge in [0.15, 0.2) is 0 Å². The Hall–Kier alpha value is -1.62. The predicted octanol–water partition coefficient (Wildman–Crippen LogP) is 2.98. The SMILES string of the molecule is Cc1cc([N+](=O)[O-])ccc1OC1CCCCCC1O. The number of nitro benzene ring substituents is 1. The van der Waals surface area contributed by atoms with E-state index < -0.39 is 11.0 Å². The minimum atomic E-state index is -0.447. The molecule has 1 aromatic rings. The summed E-state index contributed by atoms with van der Waals surface area (Å²) in [7, 11) is 0. The first kappa shape index (κ1) is 13.8. The fraction of sp³-hybridized carbons (Fsp3) is 0.571. The van der Waals surface area contributed by atoms with Crippen LogP contribution in [0.1, 0.15) is 37.7 Å². The third kappa shape index (κ3) is 3.44. The van der Waals surface area contributed by atoms with Crippen LogP contribution in [-0.4, -0.2) is 22.2 Å². The van der Waals surface area contributed by atoms with Gasteiger partial charge in [0.25, 0.3) is 5.69 Å². The average Bonchev–Trinajstić information content (AvgIpc) is 2.57. The molecule has 1 N–H and O–H groups in total. The van der Waals surface area contributed by atoms with E-state index in [1.807, 2.05) is 0 Å². The molecule has 1 fully saturated rings. The van der Waals surface area contributed by atoms with E-state index in [1.54, 1.807) is 13.0 Å². The van der Waals surface area contributed by atoms with Crippen LogP contribution < -0.4 is 4.74 Å². The lowest BCUT2D eigenvalue weighted by Crippen LogP contribution is -2.30. The second-order valence-corrected chi connectivity index (χ2v) is 5.07. The van der Waals surface area contributed by atoms with Crippen LogP contribution in [0.3, 0.4) is 0 Å². The van der Waals surface area contributed by atoms with Gasteiger partial charge < -0.3 is 9.84 Å². The number of rotatable bonds is 3. The maximum Gasteiger partial charge on any atom is 0.269 e. The van der Waals surface area contributed by atoms with E-state index in [4.69, 9.17) is 4.74 Å². The quantitative estimate of drug-likeness (QED) is 0.518. The first-order chi connectivity index (χ1) is 9.08. The zero-order valence-electron chi connectivity index (χ0n) is 11.0. The van der Waals surface area contributed by atoms with Gasteiger partial charge >= 0.3 is 0 Å². The summed E-state index contributed by atoms with van der Waals surface area (Å²) in [6, 6.07) is 4.55. The highest BCUT2D eigenvalue weighted by Gasteiger charge is 2.24. The number of benzene rings is 1. The van der Waals surface area contributed by atoms with Gasteiger partial charge in [-0.05, 0) is 37.8 Å². The Morgan fingerprint density at radius 3 is 2.74 bits per heavy atom. The Morgan fingerprint density at radius 2 is 2.05 bits per heavy atom. The molecule has 0 aliphatic heterocycles. The molecule has 1 aliphatic rings. The van der Waals surface area contributed by atoms with Crippen molar-refractivity contribution in [2.75, 3.05) is 0 Å². The van der Waals surface area contributed by atoms with Crippen LogP contribution in [0.15, 0.2) is 18.2 Å². The van der Waals surface area contributed by atoms with Gasteiger partial charge in [0.05, 0.1) is 11.0 Å². The van der Waals surface area contributed by atoms with Gasteiger partial charge in [0.1, 0.15) is 11.9 Å². The number of aliphatic hydroxyl groups is 1. The summed E-state index contributed by atoms with van der Waals surface area (Å²) < 4.78 is 5.84. The summed E-state index contributed by atoms with van der Waals surface area (Å²) in [5, 5.41) is 20.7. The molecule has 5 heteroatoms. The summed E-state index contributed by atoms with van der Waals surface area (Å²) in [6.45, 7) is 1.78. The number of hydrogen-bond acceptors (Lipinski definition) is 4. The molecule has 0 spiro atoms. The third-order valence-electron chi connectivity index (χ3n) is 3.57. The maximum absolute atomic E-state index is 10.7. The van der Waals surface area contributed by atoms with Crippen molar-refractivity contribution in [3.63, 3.8) is 0 Å². The van der Waals surface area contributed by atoms with E-state index in [9.17, 15) is 15.2 Å². The van der Waals surface area contributed by atoms with Crippen molar-refractivity contribution in [3.05, 3.63) is 33.9 Å². The van der Waals surface area contributed by atoms with Gasteiger partial charge in [-0.25, -0.2) is 0 Å². The molecule has 5 nitrogen and oxygen atoms in total. The number of nitro groups is 1. The van der Waals surface area contributed by atoms with Crippen molar-refractivity contribution in [2.24, 2.45) is 0 Å². The van der Waals surface area contributed by atoms with E-state index in [0.717, 1.165) is 37.7 Å². The fourth-order valence-electron chi connectivity index (χ4n) is 2.43. The van der Waals surface area contributed by atoms with Crippen LogP contribution in [0.4, 0.5) is 5.69 Å². The highest BCUT2D eigenvalue weighted by Crippen LogP contribution is 2.28. The predicted molar refractivity (Wildman–Crippen MR) is 71.3 cm³/mol. The van der Waals surface area contributed by atoms with E-state index >= 15 is 0 Å². The largest absolute Gasteiger partial charge is 0.487 e. The highest BCUT2D eigenvalue weighted by atomic mass is 16.6. The molecule has 2 atom stereocenters. The zero-order chi connectivity index (χ0) is 13.8. The van der Waals surface area contributed by atoms with E-state index in [1.165, 1.54) is 12.1 Å². The molecule has 1 aliphatic carbocycles. The number of nitrogens with zero attached hydrogens (tertiary/aromatic N) is 1. The number of non-ortho nitro benzene ring substituents is 1. The Kier molecular flexibility index (Phi) is 4.37. The third-order valence-corrected chi connectivity index (χ3v) is 3.57. The van der Waals surface area contributed by atoms with E-state index in [-0.39, 0.29) is 11.8 Å². The summed E-state index contributed by atoms with van der Waals surface area (Å²) in [5.74, 6) is 0.622. The Labute approximate surface area is 112 Å². The minimum absolute atomic E-state index is 0.0614. The van der Waals surface area contributed by atoms with Crippen LogP contribution in [-0.2, 0) is 0 Å². The Morgan fingerprint density at radius 1 is 1.32 bits per heavy atom. The van der Waals surface area contributed by atoms with Gasteiger partial charge in [0, 0.05) is 12.1 Å². The second kappa shape index (κ2) is 6.02. The van der Waals surface area contributed by atoms with Gasteiger partial charge in [-0.2, -0.15) is 0 Å². The summed E-state index contributed by atoms with van der Waals surface area (Å²) in [5.41, 5.74) is 0.789. The lowest BCUT2D eigenvalue weighted by atomic mass is 10.1. The smallest absolute Gasteiger partial charge is 0.269 e.